The van der Waals surface area contributed by atoms with Gasteiger partial charge in [-0.2, -0.15) is 16.9 Å². The zero-order valence-electron chi connectivity index (χ0n) is 13.3. The Kier molecular flexibility index (Phi) is 5.28. The van der Waals surface area contributed by atoms with Crippen LogP contribution < -0.4 is 10.6 Å². The van der Waals surface area contributed by atoms with E-state index in [9.17, 15) is 4.79 Å². The van der Waals surface area contributed by atoms with Crippen molar-refractivity contribution >= 4 is 23.6 Å². The average Bonchev–Trinajstić information content (AvgIpc) is 3.31. The Morgan fingerprint density at radius 2 is 2.09 bits per heavy atom. The lowest BCUT2D eigenvalue weighted by Gasteiger charge is -2.20. The highest BCUT2D eigenvalue weighted by atomic mass is 32.2. The van der Waals surface area contributed by atoms with E-state index < -0.39 is 0 Å². The summed E-state index contributed by atoms with van der Waals surface area (Å²) in [4.78, 5) is 11.9. The number of hydrogen-bond donors (Lipinski definition) is 2. The predicted octanol–water partition coefficient (Wildman–Crippen LogP) is 3.48. The molecule has 2 aliphatic carbocycles. The van der Waals surface area contributed by atoms with Gasteiger partial charge < -0.3 is 5.32 Å². The van der Waals surface area contributed by atoms with Crippen molar-refractivity contribution < 1.29 is 4.79 Å². The van der Waals surface area contributed by atoms with Crippen LogP contribution in [-0.4, -0.2) is 33.4 Å². The van der Waals surface area contributed by atoms with Gasteiger partial charge in [0.1, 0.15) is 5.82 Å². The maximum absolute atomic E-state index is 11.9. The summed E-state index contributed by atoms with van der Waals surface area (Å²) < 4.78 is 1.75. The first-order valence-corrected chi connectivity index (χ1v) is 9.47. The zero-order valence-corrected chi connectivity index (χ0v) is 14.1. The molecule has 0 bridgehead atoms. The quantitative estimate of drug-likeness (QED) is 0.788. The molecular weight excluding hydrogens is 296 g/mol. The van der Waals surface area contributed by atoms with Crippen molar-refractivity contribution in [2.75, 3.05) is 17.6 Å². The first kappa shape index (κ1) is 15.7. The van der Waals surface area contributed by atoms with Gasteiger partial charge in [0, 0.05) is 36.6 Å². The molecule has 122 valence electrons. The molecule has 2 aliphatic rings. The number of amides is 2. The van der Waals surface area contributed by atoms with Gasteiger partial charge in [-0.25, -0.2) is 4.79 Å². The van der Waals surface area contributed by atoms with E-state index in [1.807, 2.05) is 24.9 Å². The van der Waals surface area contributed by atoms with Gasteiger partial charge >= 0.3 is 6.03 Å². The van der Waals surface area contributed by atoms with E-state index >= 15 is 0 Å². The topological polar surface area (TPSA) is 59.0 Å². The Bertz CT molecular complexity index is 506. The van der Waals surface area contributed by atoms with E-state index in [-0.39, 0.29) is 6.03 Å². The highest BCUT2D eigenvalue weighted by Crippen LogP contribution is 2.39. The van der Waals surface area contributed by atoms with Crippen LogP contribution in [0.25, 0.3) is 0 Å². The molecule has 2 saturated carbocycles. The Labute approximate surface area is 136 Å². The lowest BCUT2D eigenvalue weighted by molar-refractivity contribution is 0.252. The van der Waals surface area contributed by atoms with E-state index in [0.29, 0.717) is 5.92 Å². The molecule has 1 aromatic rings. The summed E-state index contributed by atoms with van der Waals surface area (Å²) in [5.41, 5.74) is 1.10. The lowest BCUT2D eigenvalue weighted by Crippen LogP contribution is -2.31. The minimum Gasteiger partial charge on any atom is -0.337 e. The van der Waals surface area contributed by atoms with E-state index in [1.165, 1.54) is 44.9 Å². The molecule has 0 aromatic carbocycles. The van der Waals surface area contributed by atoms with Gasteiger partial charge in [0.05, 0.1) is 5.69 Å². The Morgan fingerprint density at radius 3 is 2.82 bits per heavy atom. The van der Waals surface area contributed by atoms with Gasteiger partial charge in [0.25, 0.3) is 0 Å². The first-order chi connectivity index (χ1) is 10.7. The second-order valence-corrected chi connectivity index (χ2v) is 7.77. The molecule has 0 aliphatic heterocycles. The summed E-state index contributed by atoms with van der Waals surface area (Å²) in [5.74, 6) is 2.38. The molecule has 2 amide bonds. The Balaban J connectivity index is 1.35. The van der Waals surface area contributed by atoms with Crippen molar-refractivity contribution in [3.63, 3.8) is 0 Å². The molecule has 1 heterocycles. The zero-order chi connectivity index (χ0) is 15.4. The third-order valence-electron chi connectivity index (χ3n) is 4.43. The van der Waals surface area contributed by atoms with Crippen molar-refractivity contribution in [2.24, 2.45) is 7.05 Å². The standard InChI is InChI=1S/C16H26N4OS/c1-20-15(11-14(19-20)12-7-8-12)18-16(21)17-9-10-22-13-5-3-2-4-6-13/h11-13H,2-10H2,1H3,(H2,17,18,21). The molecule has 3 rings (SSSR count). The van der Waals surface area contributed by atoms with Crippen LogP contribution in [0.15, 0.2) is 6.07 Å². The van der Waals surface area contributed by atoms with Gasteiger partial charge in [-0.1, -0.05) is 19.3 Å². The molecule has 6 heteroatoms. The molecule has 0 atom stereocenters. The van der Waals surface area contributed by atoms with E-state index in [4.69, 9.17) is 0 Å². The number of hydrogen-bond acceptors (Lipinski definition) is 3. The highest BCUT2D eigenvalue weighted by molar-refractivity contribution is 7.99. The third kappa shape index (κ3) is 4.41. The predicted molar refractivity (Wildman–Crippen MR) is 91.5 cm³/mol. The largest absolute Gasteiger partial charge is 0.337 e. The number of rotatable bonds is 6. The first-order valence-electron chi connectivity index (χ1n) is 8.43. The van der Waals surface area contributed by atoms with E-state index in [1.54, 1.807) is 4.68 Å². The normalized spacial score (nSPS) is 19.1. The van der Waals surface area contributed by atoms with Gasteiger partial charge in [-0.3, -0.25) is 10.00 Å². The third-order valence-corrected chi connectivity index (χ3v) is 5.81. The van der Waals surface area contributed by atoms with Gasteiger partial charge in [0.2, 0.25) is 0 Å². The monoisotopic (exact) mass is 322 g/mol. The molecule has 5 nitrogen and oxygen atoms in total. The van der Waals surface area contributed by atoms with E-state index in [0.717, 1.165) is 29.1 Å². The molecule has 0 radical (unpaired) electrons. The van der Waals surface area contributed by atoms with Crippen LogP contribution in [0.3, 0.4) is 0 Å². The van der Waals surface area contributed by atoms with Gasteiger partial charge in [0.15, 0.2) is 0 Å². The number of nitrogens with one attached hydrogen (secondary N) is 2. The van der Waals surface area contributed by atoms with Crippen molar-refractivity contribution in [1.82, 2.24) is 15.1 Å². The number of aryl methyl sites for hydroxylation is 1. The summed E-state index contributed by atoms with van der Waals surface area (Å²) in [6.07, 6.45) is 9.27. The SMILES string of the molecule is Cn1nc(C2CC2)cc1NC(=O)NCCSC1CCCCC1. The number of carbonyl (C=O) groups excluding carboxylic acids is 1. The fourth-order valence-electron chi connectivity index (χ4n) is 2.97. The van der Waals surface area contributed by atoms with Crippen LogP contribution >= 0.6 is 11.8 Å². The number of urea groups is 1. The smallest absolute Gasteiger partial charge is 0.320 e. The lowest BCUT2D eigenvalue weighted by atomic mass is 10.0. The fraction of sp³-hybridized carbons (Fsp3) is 0.750. The number of aromatic nitrogens is 2. The molecule has 22 heavy (non-hydrogen) atoms. The summed E-state index contributed by atoms with van der Waals surface area (Å²) in [5, 5.41) is 11.1. The molecule has 0 spiro atoms. The molecule has 2 N–H and O–H groups in total. The molecular formula is C16H26N4OS. The van der Waals surface area contributed by atoms with Crippen molar-refractivity contribution in [1.29, 1.82) is 0 Å². The average molecular weight is 322 g/mol. The van der Waals surface area contributed by atoms with Crippen LogP contribution in [0.4, 0.5) is 10.6 Å². The van der Waals surface area contributed by atoms with Gasteiger partial charge in [-0.05, 0) is 25.7 Å². The van der Waals surface area contributed by atoms with Gasteiger partial charge in [-0.15, -0.1) is 0 Å². The Morgan fingerprint density at radius 1 is 1.32 bits per heavy atom. The van der Waals surface area contributed by atoms with Crippen LogP contribution in [0.2, 0.25) is 0 Å². The number of nitrogens with zero attached hydrogens (tertiary/aromatic N) is 2. The number of carbonyl (C=O) groups is 1. The highest BCUT2D eigenvalue weighted by Gasteiger charge is 2.27. The maximum Gasteiger partial charge on any atom is 0.320 e. The van der Waals surface area contributed by atoms with Crippen molar-refractivity contribution in [3.8, 4) is 0 Å². The van der Waals surface area contributed by atoms with Crippen LogP contribution in [0, 0.1) is 0 Å². The molecule has 0 saturated heterocycles. The Hall–Kier alpha value is -1.17. The van der Waals surface area contributed by atoms with Crippen molar-refractivity contribution in [3.05, 3.63) is 11.8 Å². The minimum absolute atomic E-state index is 0.130. The molecule has 1 aromatic heterocycles. The second kappa shape index (κ2) is 7.40. The number of thioether (sulfide) groups is 1. The van der Waals surface area contributed by atoms with Crippen LogP contribution in [0.1, 0.15) is 56.6 Å². The van der Waals surface area contributed by atoms with E-state index in [2.05, 4.69) is 15.7 Å². The number of anilines is 1. The van der Waals surface area contributed by atoms with Crippen LogP contribution in [0.5, 0.6) is 0 Å². The maximum atomic E-state index is 11.9. The molecule has 0 unspecified atom stereocenters. The minimum atomic E-state index is -0.130. The summed E-state index contributed by atoms with van der Waals surface area (Å²) in [6, 6.07) is 1.86. The summed E-state index contributed by atoms with van der Waals surface area (Å²) in [6.45, 7) is 0.723. The fourth-order valence-corrected chi connectivity index (χ4v) is 4.19. The van der Waals surface area contributed by atoms with Crippen LogP contribution in [-0.2, 0) is 7.05 Å². The second-order valence-electron chi connectivity index (χ2n) is 6.36. The summed E-state index contributed by atoms with van der Waals surface area (Å²) >= 11 is 2.01. The van der Waals surface area contributed by atoms with Crippen molar-refractivity contribution in [2.45, 2.75) is 56.1 Å². The summed E-state index contributed by atoms with van der Waals surface area (Å²) in [7, 11) is 1.88. The molecule has 2 fully saturated rings.